The third-order valence-corrected chi connectivity index (χ3v) is 4.23. The molecule has 1 heterocycles. The Kier molecular flexibility index (Phi) is 7.44. The zero-order valence-electron chi connectivity index (χ0n) is 14.0. The molecule has 7 heteroatoms. The molecule has 0 aromatic heterocycles. The first-order chi connectivity index (χ1) is 10.4. The number of nitrogens with one attached hydrogen (secondary N) is 1. The minimum absolute atomic E-state index is 0.200. The van der Waals surface area contributed by atoms with Gasteiger partial charge in [-0.2, -0.15) is 0 Å². The second-order valence-corrected chi connectivity index (χ2v) is 5.74. The molecule has 0 spiro atoms. The Morgan fingerprint density at radius 1 is 1.36 bits per heavy atom. The highest BCUT2D eigenvalue weighted by Gasteiger charge is 2.24. The number of nitrogens with two attached hydrogens (primary N) is 1. The molecule has 0 atom stereocenters. The normalized spacial score (nSPS) is 17.5. The zero-order valence-corrected chi connectivity index (χ0v) is 14.0. The highest BCUT2D eigenvalue weighted by atomic mass is 16.6. The number of hydrogen-bond donors (Lipinski definition) is 3. The van der Waals surface area contributed by atoms with Gasteiger partial charge in [-0.25, -0.2) is 4.79 Å². The predicted octanol–water partition coefficient (Wildman–Crippen LogP) is 1.06. The largest absolute Gasteiger partial charge is 0.450 e. The molecule has 7 nitrogen and oxygen atoms in total. The second-order valence-electron chi connectivity index (χ2n) is 5.74. The van der Waals surface area contributed by atoms with Crippen LogP contribution in [0.5, 0.6) is 0 Å². The topological polar surface area (TPSA) is 100 Å². The molecule has 0 radical (unpaired) electrons. The summed E-state index contributed by atoms with van der Waals surface area (Å²) >= 11 is 0. The van der Waals surface area contributed by atoms with Crippen LogP contribution < -0.4 is 11.1 Å². The lowest BCUT2D eigenvalue weighted by molar-refractivity contribution is 0.0418. The van der Waals surface area contributed by atoms with E-state index in [4.69, 9.17) is 10.5 Å². The van der Waals surface area contributed by atoms with Gasteiger partial charge in [0.05, 0.1) is 18.8 Å². The number of carbonyl (C=O) groups excluding carboxylic acids is 1. The first-order valence-corrected chi connectivity index (χ1v) is 8.14. The lowest BCUT2D eigenvalue weighted by atomic mass is 9.98. The van der Waals surface area contributed by atoms with Gasteiger partial charge in [0, 0.05) is 19.1 Å². The van der Waals surface area contributed by atoms with E-state index in [9.17, 15) is 9.90 Å². The Labute approximate surface area is 132 Å². The number of hydrogen-bond acceptors (Lipinski definition) is 4. The predicted molar refractivity (Wildman–Crippen MR) is 86.8 cm³/mol. The Morgan fingerprint density at radius 2 is 1.95 bits per heavy atom. The van der Waals surface area contributed by atoms with Gasteiger partial charge in [-0.05, 0) is 32.6 Å². The maximum Gasteiger partial charge on any atom is 0.409 e. The molecule has 0 aromatic carbocycles. The summed E-state index contributed by atoms with van der Waals surface area (Å²) in [5.74, 6) is 0.356. The summed E-state index contributed by atoms with van der Waals surface area (Å²) in [4.78, 5) is 17.6. The summed E-state index contributed by atoms with van der Waals surface area (Å²) in [7, 11) is 0. The number of piperidine rings is 1. The van der Waals surface area contributed by atoms with E-state index in [2.05, 4.69) is 10.3 Å². The zero-order chi connectivity index (χ0) is 16.6. The van der Waals surface area contributed by atoms with Crippen LogP contribution in [0.1, 0.15) is 46.5 Å². The molecule has 22 heavy (non-hydrogen) atoms. The first-order valence-electron chi connectivity index (χ1n) is 8.14. The molecule has 0 saturated carbocycles. The maximum absolute atomic E-state index is 11.6. The third kappa shape index (κ3) is 5.71. The molecule has 128 valence electrons. The summed E-state index contributed by atoms with van der Waals surface area (Å²) in [5.41, 5.74) is 5.11. The van der Waals surface area contributed by atoms with Crippen molar-refractivity contribution in [1.82, 2.24) is 10.2 Å². The van der Waals surface area contributed by atoms with E-state index in [1.54, 1.807) is 11.8 Å². The number of aliphatic imine (C=N–C) groups is 1. The van der Waals surface area contributed by atoms with Gasteiger partial charge in [0.1, 0.15) is 0 Å². The summed E-state index contributed by atoms with van der Waals surface area (Å²) in [6.45, 7) is 7.68. The first kappa shape index (κ1) is 18.5. The average Bonchev–Trinajstić information content (AvgIpc) is 2.53. The summed E-state index contributed by atoms with van der Waals surface area (Å²) in [6.07, 6.45) is 2.66. The van der Waals surface area contributed by atoms with Gasteiger partial charge in [-0.3, -0.25) is 4.99 Å². The van der Waals surface area contributed by atoms with E-state index in [0.717, 1.165) is 12.8 Å². The van der Waals surface area contributed by atoms with Crippen LogP contribution in [0.25, 0.3) is 0 Å². The minimum Gasteiger partial charge on any atom is -0.450 e. The molecule has 1 amide bonds. The van der Waals surface area contributed by atoms with Crippen molar-refractivity contribution in [2.75, 3.05) is 26.2 Å². The van der Waals surface area contributed by atoms with E-state index >= 15 is 0 Å². The molecule has 0 aromatic rings. The minimum atomic E-state index is -0.778. The summed E-state index contributed by atoms with van der Waals surface area (Å²) in [5, 5.41) is 13.4. The van der Waals surface area contributed by atoms with Gasteiger partial charge in [0.2, 0.25) is 0 Å². The Morgan fingerprint density at radius 3 is 2.45 bits per heavy atom. The average molecular weight is 314 g/mol. The van der Waals surface area contributed by atoms with Crippen LogP contribution >= 0.6 is 0 Å². The molecule has 0 aliphatic carbocycles. The van der Waals surface area contributed by atoms with Gasteiger partial charge >= 0.3 is 6.09 Å². The highest BCUT2D eigenvalue weighted by Crippen LogP contribution is 2.15. The fourth-order valence-electron chi connectivity index (χ4n) is 2.38. The van der Waals surface area contributed by atoms with Crippen molar-refractivity contribution in [2.45, 2.75) is 58.1 Å². The van der Waals surface area contributed by atoms with Crippen molar-refractivity contribution in [3.63, 3.8) is 0 Å². The molecule has 0 unspecified atom stereocenters. The van der Waals surface area contributed by atoms with Crippen LogP contribution in [0.3, 0.4) is 0 Å². The lowest BCUT2D eigenvalue weighted by Gasteiger charge is -2.32. The smallest absolute Gasteiger partial charge is 0.409 e. The van der Waals surface area contributed by atoms with Crippen LogP contribution in [0.4, 0.5) is 4.79 Å². The van der Waals surface area contributed by atoms with Crippen molar-refractivity contribution in [2.24, 2.45) is 10.7 Å². The van der Waals surface area contributed by atoms with Gasteiger partial charge < -0.3 is 25.8 Å². The highest BCUT2D eigenvalue weighted by molar-refractivity contribution is 5.78. The van der Waals surface area contributed by atoms with Gasteiger partial charge in [0.15, 0.2) is 5.96 Å². The van der Waals surface area contributed by atoms with Crippen LogP contribution in [0.2, 0.25) is 0 Å². The van der Waals surface area contributed by atoms with Crippen molar-refractivity contribution >= 4 is 12.1 Å². The Balaban J connectivity index is 2.38. The van der Waals surface area contributed by atoms with Crippen LogP contribution in [0.15, 0.2) is 4.99 Å². The van der Waals surface area contributed by atoms with Crippen molar-refractivity contribution in [3.8, 4) is 0 Å². The second kappa shape index (κ2) is 8.82. The molecule has 0 bridgehead atoms. The van der Waals surface area contributed by atoms with E-state index in [1.165, 1.54) is 0 Å². The number of guanidine groups is 1. The summed E-state index contributed by atoms with van der Waals surface area (Å²) < 4.78 is 4.99. The van der Waals surface area contributed by atoms with Crippen molar-refractivity contribution < 1.29 is 14.6 Å². The number of aliphatic hydroxyl groups is 1. The molecular weight excluding hydrogens is 284 g/mol. The number of likely N-dealkylation sites (tertiary alicyclic amines) is 1. The molecule has 1 aliphatic rings. The van der Waals surface area contributed by atoms with Crippen molar-refractivity contribution in [3.05, 3.63) is 0 Å². The molecule has 4 N–H and O–H groups in total. The lowest BCUT2D eigenvalue weighted by Crippen LogP contribution is -2.49. The SMILES string of the molecule is CCOC(=O)N1CCC(NC(N)=NCC(O)(CC)CC)CC1. The number of amides is 1. The Bertz CT molecular complexity index is 375. The van der Waals surface area contributed by atoms with Crippen molar-refractivity contribution in [1.29, 1.82) is 0 Å². The van der Waals surface area contributed by atoms with Gasteiger partial charge in [0.25, 0.3) is 0 Å². The molecule has 1 aliphatic heterocycles. The fourth-order valence-corrected chi connectivity index (χ4v) is 2.38. The standard InChI is InChI=1S/C15H30N4O3/c1-4-15(21,5-2)11-17-13(16)18-12-7-9-19(10-8-12)14(20)22-6-3/h12,21H,4-11H2,1-3H3,(H3,16,17,18). The Hall–Kier alpha value is -1.50. The quantitative estimate of drug-likeness (QED) is 0.503. The molecular formula is C15H30N4O3. The molecule has 1 saturated heterocycles. The monoisotopic (exact) mass is 314 g/mol. The van der Waals surface area contributed by atoms with E-state index in [1.807, 2.05) is 13.8 Å². The number of rotatable bonds is 6. The van der Waals surface area contributed by atoms with Crippen LogP contribution in [0, 0.1) is 0 Å². The van der Waals surface area contributed by atoms with Gasteiger partial charge in [-0.1, -0.05) is 13.8 Å². The number of carbonyl (C=O) groups is 1. The number of nitrogens with zero attached hydrogens (tertiary/aromatic N) is 2. The summed E-state index contributed by atoms with van der Waals surface area (Å²) in [6, 6.07) is 0.200. The molecule has 1 rings (SSSR count). The maximum atomic E-state index is 11.6. The van der Waals surface area contributed by atoms with E-state index in [0.29, 0.717) is 45.0 Å². The third-order valence-electron chi connectivity index (χ3n) is 4.23. The van der Waals surface area contributed by atoms with E-state index < -0.39 is 5.60 Å². The van der Waals surface area contributed by atoms with E-state index in [-0.39, 0.29) is 12.1 Å². The van der Waals surface area contributed by atoms with Crippen LogP contribution in [-0.4, -0.2) is 59.9 Å². The van der Waals surface area contributed by atoms with Gasteiger partial charge in [-0.15, -0.1) is 0 Å². The fraction of sp³-hybridized carbons (Fsp3) is 0.867. The molecule has 1 fully saturated rings. The van der Waals surface area contributed by atoms with Crippen LogP contribution in [-0.2, 0) is 4.74 Å². The number of ether oxygens (including phenoxy) is 1.